The van der Waals surface area contributed by atoms with Crippen molar-refractivity contribution in [2.75, 3.05) is 32.7 Å². The lowest BCUT2D eigenvalue weighted by molar-refractivity contribution is -0.345. The van der Waals surface area contributed by atoms with Crippen LogP contribution >= 0.6 is 0 Å². The van der Waals surface area contributed by atoms with Crippen LogP contribution in [0.4, 0.5) is 13.2 Å². The number of halogens is 3. The van der Waals surface area contributed by atoms with E-state index < -0.39 is 27.7 Å². The molecule has 5 unspecified atom stereocenters. The highest BCUT2D eigenvalue weighted by atomic mass is 32.2. The standard InChI is InChI=1S/C33H57F3N4O4S/c34-33(35,36)44-27-12-10-13-28(22-27)45(42,43)40-19-14-25(15-20-40)11-6-9-18-38-31(41)29-21-26-23-37-24-32(30(26)39-29)16-7-4-2-1-3-5-8-17-32/h25-30,37,39H,1-24H2,(H,38,41). The maximum absolute atomic E-state index is 13.2. The Labute approximate surface area is 268 Å². The zero-order valence-electron chi connectivity index (χ0n) is 27.1. The average molecular weight is 663 g/mol. The van der Waals surface area contributed by atoms with Crippen molar-refractivity contribution in [3.05, 3.63) is 0 Å². The molecule has 3 N–H and O–H groups in total. The predicted molar refractivity (Wildman–Crippen MR) is 169 cm³/mol. The summed E-state index contributed by atoms with van der Waals surface area (Å²) in [6, 6.07) is 0.314. The van der Waals surface area contributed by atoms with Gasteiger partial charge in [0.15, 0.2) is 0 Å². The number of nitrogens with zero attached hydrogens (tertiary/aromatic N) is 1. The first-order chi connectivity index (χ1) is 21.6. The summed E-state index contributed by atoms with van der Waals surface area (Å²) in [6.07, 6.45) is 12.3. The molecular formula is C33H57F3N4O4S. The SMILES string of the molecule is O=C(NCCCCC1CCN(S(=O)(=O)C2CCCC(OC(F)(F)F)C2)CC1)C1CC2CNCC3(CCCCCCCCC3)C2N1. The second kappa shape index (κ2) is 16.0. The number of sulfonamides is 1. The molecule has 2 aliphatic carbocycles. The summed E-state index contributed by atoms with van der Waals surface area (Å²) in [5.74, 6) is 1.07. The number of unbranched alkanes of at least 4 members (excludes halogenated alkanes) is 1. The van der Waals surface area contributed by atoms with E-state index in [1.54, 1.807) is 0 Å². The number of fused-ring (bicyclic) bond motifs is 2. The molecule has 5 fully saturated rings. The summed E-state index contributed by atoms with van der Waals surface area (Å²) in [6.45, 7) is 3.58. The van der Waals surface area contributed by atoms with Gasteiger partial charge in [0.2, 0.25) is 15.9 Å². The molecule has 3 heterocycles. The van der Waals surface area contributed by atoms with Gasteiger partial charge >= 0.3 is 6.36 Å². The molecule has 1 amide bonds. The quantitative estimate of drug-likeness (QED) is 0.277. The molecule has 3 saturated heterocycles. The van der Waals surface area contributed by atoms with Crippen LogP contribution in [0.2, 0.25) is 0 Å². The van der Waals surface area contributed by atoms with Gasteiger partial charge in [0.25, 0.3) is 0 Å². The van der Waals surface area contributed by atoms with E-state index in [4.69, 9.17) is 0 Å². The van der Waals surface area contributed by atoms with Crippen molar-refractivity contribution < 1.29 is 31.1 Å². The van der Waals surface area contributed by atoms with Crippen molar-refractivity contribution in [3.8, 4) is 0 Å². The zero-order valence-corrected chi connectivity index (χ0v) is 27.9. The number of ether oxygens (including phenoxy) is 1. The summed E-state index contributed by atoms with van der Waals surface area (Å²) >= 11 is 0. The minimum absolute atomic E-state index is 0.0943. The topological polar surface area (TPSA) is 99.8 Å². The number of nitrogens with one attached hydrogen (secondary N) is 3. The Morgan fingerprint density at radius 3 is 2.29 bits per heavy atom. The van der Waals surface area contributed by atoms with Crippen molar-refractivity contribution in [2.24, 2.45) is 17.3 Å². The minimum Gasteiger partial charge on any atom is -0.355 e. The second-order valence-corrected chi connectivity index (χ2v) is 17.0. The van der Waals surface area contributed by atoms with E-state index in [1.807, 2.05) is 0 Å². The monoisotopic (exact) mass is 662 g/mol. The summed E-state index contributed by atoms with van der Waals surface area (Å²) in [4.78, 5) is 13.2. The molecule has 0 radical (unpaired) electrons. The maximum atomic E-state index is 13.2. The summed E-state index contributed by atoms with van der Waals surface area (Å²) in [5.41, 5.74) is 0.268. The van der Waals surface area contributed by atoms with Crippen LogP contribution < -0.4 is 16.0 Å². The molecule has 8 nitrogen and oxygen atoms in total. The van der Waals surface area contributed by atoms with Gasteiger partial charge in [-0.25, -0.2) is 12.7 Å². The highest BCUT2D eigenvalue weighted by molar-refractivity contribution is 7.89. The highest BCUT2D eigenvalue weighted by Crippen LogP contribution is 2.44. The molecule has 0 aromatic rings. The number of piperidine rings is 2. The number of carbonyl (C=O) groups excluding carboxylic acids is 1. The fourth-order valence-corrected chi connectivity index (χ4v) is 11.3. The van der Waals surface area contributed by atoms with Gasteiger partial charge in [-0.1, -0.05) is 57.8 Å². The Bertz CT molecular complexity index is 1040. The smallest absolute Gasteiger partial charge is 0.355 e. The van der Waals surface area contributed by atoms with Crippen molar-refractivity contribution in [2.45, 2.75) is 152 Å². The lowest BCUT2D eigenvalue weighted by Gasteiger charge is -2.47. The van der Waals surface area contributed by atoms with Gasteiger partial charge in [-0.3, -0.25) is 9.53 Å². The van der Waals surface area contributed by atoms with E-state index in [2.05, 4.69) is 20.7 Å². The third-order valence-electron chi connectivity index (χ3n) is 11.7. The number of carbonyl (C=O) groups is 1. The number of hydrogen-bond acceptors (Lipinski definition) is 6. The molecule has 5 aliphatic rings. The Hall–Kier alpha value is -0.950. The third-order valence-corrected chi connectivity index (χ3v) is 14.0. The molecule has 0 bridgehead atoms. The zero-order chi connectivity index (χ0) is 31.9. The molecule has 0 aromatic carbocycles. The summed E-state index contributed by atoms with van der Waals surface area (Å²) < 4.78 is 70.1. The van der Waals surface area contributed by atoms with Crippen LogP contribution in [0.5, 0.6) is 0 Å². The van der Waals surface area contributed by atoms with Crippen LogP contribution in [-0.2, 0) is 19.6 Å². The van der Waals surface area contributed by atoms with Crippen molar-refractivity contribution in [3.63, 3.8) is 0 Å². The van der Waals surface area contributed by atoms with E-state index in [9.17, 15) is 26.4 Å². The number of hydrogen-bond donors (Lipinski definition) is 3. The Morgan fingerprint density at radius 1 is 0.911 bits per heavy atom. The van der Waals surface area contributed by atoms with Gasteiger partial charge in [0.1, 0.15) is 0 Å². The van der Waals surface area contributed by atoms with Crippen LogP contribution in [0.1, 0.15) is 122 Å². The fourth-order valence-electron chi connectivity index (χ4n) is 9.21. The molecule has 12 heteroatoms. The van der Waals surface area contributed by atoms with Crippen LogP contribution in [-0.4, -0.2) is 81.2 Å². The molecular weight excluding hydrogens is 605 g/mol. The highest BCUT2D eigenvalue weighted by Gasteiger charge is 2.50. The first-order valence-electron chi connectivity index (χ1n) is 18.0. The molecule has 260 valence electrons. The molecule has 2 saturated carbocycles. The van der Waals surface area contributed by atoms with Gasteiger partial charge < -0.3 is 16.0 Å². The molecule has 1 spiro atoms. The number of alkyl halides is 3. The average Bonchev–Trinajstić information content (AvgIpc) is 3.46. The van der Waals surface area contributed by atoms with Crippen LogP contribution in [0.15, 0.2) is 0 Å². The molecule has 3 aliphatic heterocycles. The molecule has 45 heavy (non-hydrogen) atoms. The van der Waals surface area contributed by atoms with Gasteiger partial charge in [0.05, 0.1) is 17.4 Å². The van der Waals surface area contributed by atoms with Gasteiger partial charge in [-0.05, 0) is 88.0 Å². The second-order valence-electron chi connectivity index (χ2n) is 14.8. The largest absolute Gasteiger partial charge is 0.522 e. The van der Waals surface area contributed by atoms with Crippen LogP contribution in [0.25, 0.3) is 0 Å². The van der Waals surface area contributed by atoms with E-state index in [0.29, 0.717) is 50.4 Å². The normalized spacial score (nSPS) is 32.6. The molecule has 5 atom stereocenters. The summed E-state index contributed by atoms with van der Waals surface area (Å²) in [7, 11) is -3.64. The fraction of sp³-hybridized carbons (Fsp3) is 0.970. The Morgan fingerprint density at radius 2 is 1.60 bits per heavy atom. The first-order valence-corrected chi connectivity index (χ1v) is 19.5. The number of amides is 1. The lowest BCUT2D eigenvalue weighted by Crippen LogP contribution is -2.58. The van der Waals surface area contributed by atoms with E-state index >= 15 is 0 Å². The van der Waals surface area contributed by atoms with E-state index in [1.165, 1.54) is 62.1 Å². The van der Waals surface area contributed by atoms with Crippen molar-refractivity contribution in [1.29, 1.82) is 0 Å². The van der Waals surface area contributed by atoms with Crippen molar-refractivity contribution in [1.82, 2.24) is 20.3 Å². The van der Waals surface area contributed by atoms with Crippen LogP contribution in [0.3, 0.4) is 0 Å². The Kier molecular flexibility index (Phi) is 12.5. The van der Waals surface area contributed by atoms with Gasteiger partial charge in [0, 0.05) is 32.2 Å². The molecule has 5 rings (SSSR count). The number of rotatable bonds is 9. The van der Waals surface area contributed by atoms with E-state index in [0.717, 1.165) is 51.6 Å². The Balaban J connectivity index is 0.989. The van der Waals surface area contributed by atoms with E-state index in [-0.39, 0.29) is 30.2 Å². The predicted octanol–water partition coefficient (Wildman–Crippen LogP) is 5.62. The van der Waals surface area contributed by atoms with Gasteiger partial charge in [-0.15, -0.1) is 13.2 Å². The van der Waals surface area contributed by atoms with Gasteiger partial charge in [-0.2, -0.15) is 0 Å². The first kappa shape index (κ1) is 35.4. The lowest BCUT2D eigenvalue weighted by atomic mass is 9.66. The van der Waals surface area contributed by atoms with Crippen molar-refractivity contribution >= 4 is 15.9 Å². The molecule has 0 aromatic heterocycles. The van der Waals surface area contributed by atoms with Crippen LogP contribution in [0, 0.1) is 17.3 Å². The summed E-state index contributed by atoms with van der Waals surface area (Å²) in [5, 5.41) is 9.95. The minimum atomic E-state index is -4.74. The third kappa shape index (κ3) is 9.57. The maximum Gasteiger partial charge on any atom is 0.522 e.